The van der Waals surface area contributed by atoms with Gasteiger partial charge in [-0.3, -0.25) is 0 Å². The van der Waals surface area contributed by atoms with Gasteiger partial charge in [-0.25, -0.2) is 0 Å². The molecule has 118 valence electrons. The van der Waals surface area contributed by atoms with E-state index in [0.717, 1.165) is 43.8 Å². The van der Waals surface area contributed by atoms with Crippen LogP contribution in [-0.2, 0) is 11.2 Å². The van der Waals surface area contributed by atoms with Crippen molar-refractivity contribution in [2.45, 2.75) is 51.2 Å². The third-order valence-electron chi connectivity index (χ3n) is 3.95. The highest BCUT2D eigenvalue weighted by atomic mass is 16.5. The lowest BCUT2D eigenvalue weighted by Crippen LogP contribution is -2.26. The Morgan fingerprint density at radius 2 is 2.19 bits per heavy atom. The van der Waals surface area contributed by atoms with E-state index in [1.54, 1.807) is 7.11 Å². The van der Waals surface area contributed by atoms with Crippen LogP contribution in [0.15, 0.2) is 18.2 Å². The molecule has 4 nitrogen and oxygen atoms in total. The van der Waals surface area contributed by atoms with Crippen LogP contribution in [0.4, 0.5) is 0 Å². The van der Waals surface area contributed by atoms with Gasteiger partial charge in [0.25, 0.3) is 0 Å². The lowest BCUT2D eigenvalue weighted by Gasteiger charge is -2.23. The van der Waals surface area contributed by atoms with E-state index in [-0.39, 0.29) is 12.1 Å². The summed E-state index contributed by atoms with van der Waals surface area (Å²) >= 11 is 0. The second-order valence-corrected chi connectivity index (χ2v) is 5.66. The van der Waals surface area contributed by atoms with Crippen molar-refractivity contribution in [1.29, 1.82) is 0 Å². The summed E-state index contributed by atoms with van der Waals surface area (Å²) in [5, 5.41) is 0. The second kappa shape index (κ2) is 8.25. The monoisotopic (exact) mass is 293 g/mol. The Morgan fingerprint density at radius 1 is 1.33 bits per heavy atom. The van der Waals surface area contributed by atoms with Crippen LogP contribution in [0.25, 0.3) is 0 Å². The van der Waals surface area contributed by atoms with E-state index in [1.165, 1.54) is 12.0 Å². The molecule has 0 bridgehead atoms. The maximum atomic E-state index is 6.02. The zero-order chi connectivity index (χ0) is 15.1. The molecule has 4 heteroatoms. The largest absolute Gasteiger partial charge is 0.493 e. The van der Waals surface area contributed by atoms with E-state index in [2.05, 4.69) is 13.0 Å². The fourth-order valence-corrected chi connectivity index (χ4v) is 2.53. The zero-order valence-electron chi connectivity index (χ0n) is 13.1. The van der Waals surface area contributed by atoms with Gasteiger partial charge in [-0.2, -0.15) is 0 Å². The summed E-state index contributed by atoms with van der Waals surface area (Å²) in [6.07, 6.45) is 5.48. The molecular weight excluding hydrogens is 266 g/mol. The predicted molar refractivity (Wildman–Crippen MR) is 84.1 cm³/mol. The Kier molecular flexibility index (Phi) is 6.33. The highest BCUT2D eigenvalue weighted by Gasteiger charge is 2.16. The van der Waals surface area contributed by atoms with Crippen LogP contribution in [-0.4, -0.2) is 32.5 Å². The number of hydrogen-bond donors (Lipinski definition) is 1. The Balaban J connectivity index is 1.99. The molecule has 1 aromatic carbocycles. The minimum Gasteiger partial charge on any atom is -0.493 e. The first-order valence-electron chi connectivity index (χ1n) is 7.89. The fourth-order valence-electron chi connectivity index (χ4n) is 2.53. The van der Waals surface area contributed by atoms with Gasteiger partial charge in [0.1, 0.15) is 6.61 Å². The highest BCUT2D eigenvalue weighted by Crippen LogP contribution is 2.29. The summed E-state index contributed by atoms with van der Waals surface area (Å²) in [4.78, 5) is 0. The van der Waals surface area contributed by atoms with Crippen LogP contribution in [0.1, 0.15) is 38.2 Å². The van der Waals surface area contributed by atoms with Crippen LogP contribution in [0.3, 0.4) is 0 Å². The van der Waals surface area contributed by atoms with Crippen molar-refractivity contribution < 1.29 is 14.2 Å². The summed E-state index contributed by atoms with van der Waals surface area (Å²) in [5.41, 5.74) is 7.21. The van der Waals surface area contributed by atoms with Crippen molar-refractivity contribution in [3.05, 3.63) is 23.8 Å². The van der Waals surface area contributed by atoms with E-state index >= 15 is 0 Å². The van der Waals surface area contributed by atoms with Crippen LogP contribution in [0, 0.1) is 0 Å². The molecular formula is C17H27NO3. The molecule has 1 aliphatic heterocycles. The summed E-state index contributed by atoms with van der Waals surface area (Å²) in [5.74, 6) is 1.55. The van der Waals surface area contributed by atoms with E-state index in [9.17, 15) is 0 Å². The lowest BCUT2D eigenvalue weighted by molar-refractivity contribution is -0.0115. The first-order chi connectivity index (χ1) is 10.2. The molecule has 1 fully saturated rings. The first-order valence-corrected chi connectivity index (χ1v) is 7.89. The van der Waals surface area contributed by atoms with Gasteiger partial charge in [-0.15, -0.1) is 0 Å². The molecule has 0 amide bonds. The third kappa shape index (κ3) is 4.90. The number of methoxy groups -OCH3 is 1. The number of nitrogens with two attached hydrogens (primary N) is 1. The van der Waals surface area contributed by atoms with Crippen molar-refractivity contribution in [3.63, 3.8) is 0 Å². The van der Waals surface area contributed by atoms with Gasteiger partial charge < -0.3 is 19.9 Å². The molecule has 0 radical (unpaired) electrons. The standard InChI is InChI=1S/C17H27NO3/c1-3-14(18)10-13-7-8-16(19-2)17(11-13)21-12-15-6-4-5-9-20-15/h7-8,11,14-15H,3-6,9-10,12,18H2,1-2H3. The van der Waals surface area contributed by atoms with E-state index in [4.69, 9.17) is 19.9 Å². The minimum atomic E-state index is 0.188. The fraction of sp³-hybridized carbons (Fsp3) is 0.647. The Hall–Kier alpha value is -1.26. The average molecular weight is 293 g/mol. The summed E-state index contributed by atoms with van der Waals surface area (Å²) in [6, 6.07) is 6.23. The predicted octanol–water partition coefficient (Wildman–Crippen LogP) is 2.92. The van der Waals surface area contributed by atoms with Gasteiger partial charge in [0.2, 0.25) is 0 Å². The number of hydrogen-bond acceptors (Lipinski definition) is 4. The smallest absolute Gasteiger partial charge is 0.161 e. The Morgan fingerprint density at radius 3 is 2.86 bits per heavy atom. The van der Waals surface area contributed by atoms with E-state index in [0.29, 0.717) is 6.61 Å². The maximum absolute atomic E-state index is 6.02. The SMILES string of the molecule is CCC(N)Cc1ccc(OC)c(OCC2CCCCO2)c1. The lowest BCUT2D eigenvalue weighted by atomic mass is 10.0. The maximum Gasteiger partial charge on any atom is 0.161 e. The van der Waals surface area contributed by atoms with E-state index < -0.39 is 0 Å². The molecule has 0 spiro atoms. The van der Waals surface area contributed by atoms with Crippen LogP contribution >= 0.6 is 0 Å². The Bertz CT molecular complexity index is 430. The molecule has 0 saturated carbocycles. The number of ether oxygens (including phenoxy) is 3. The summed E-state index contributed by atoms with van der Waals surface area (Å²) in [7, 11) is 1.66. The summed E-state index contributed by atoms with van der Waals surface area (Å²) < 4.78 is 17.0. The number of rotatable bonds is 7. The second-order valence-electron chi connectivity index (χ2n) is 5.66. The first kappa shape index (κ1) is 16.1. The molecule has 2 unspecified atom stereocenters. The number of benzene rings is 1. The molecule has 1 aromatic rings. The molecule has 1 aliphatic rings. The minimum absolute atomic E-state index is 0.188. The molecule has 2 rings (SSSR count). The van der Waals surface area contributed by atoms with Crippen LogP contribution < -0.4 is 15.2 Å². The topological polar surface area (TPSA) is 53.7 Å². The van der Waals surface area contributed by atoms with Crippen molar-refractivity contribution in [3.8, 4) is 11.5 Å². The molecule has 21 heavy (non-hydrogen) atoms. The van der Waals surface area contributed by atoms with Gasteiger partial charge in [0.05, 0.1) is 13.2 Å². The van der Waals surface area contributed by atoms with Crippen LogP contribution in [0.5, 0.6) is 11.5 Å². The molecule has 1 heterocycles. The Labute approximate surface area is 127 Å². The van der Waals surface area contributed by atoms with Crippen molar-refractivity contribution >= 4 is 0 Å². The molecule has 1 saturated heterocycles. The van der Waals surface area contributed by atoms with Gasteiger partial charge in [-0.1, -0.05) is 13.0 Å². The van der Waals surface area contributed by atoms with E-state index in [1.807, 2.05) is 12.1 Å². The van der Waals surface area contributed by atoms with Gasteiger partial charge >= 0.3 is 0 Å². The third-order valence-corrected chi connectivity index (χ3v) is 3.95. The summed E-state index contributed by atoms with van der Waals surface area (Å²) in [6.45, 7) is 3.53. The van der Waals surface area contributed by atoms with Gasteiger partial charge in [-0.05, 0) is 49.8 Å². The van der Waals surface area contributed by atoms with Gasteiger partial charge in [0, 0.05) is 12.6 Å². The highest BCUT2D eigenvalue weighted by molar-refractivity contribution is 5.43. The van der Waals surface area contributed by atoms with Gasteiger partial charge in [0.15, 0.2) is 11.5 Å². The van der Waals surface area contributed by atoms with Crippen molar-refractivity contribution in [1.82, 2.24) is 0 Å². The normalized spacial score (nSPS) is 20.0. The average Bonchev–Trinajstić information content (AvgIpc) is 2.54. The van der Waals surface area contributed by atoms with Crippen LogP contribution in [0.2, 0.25) is 0 Å². The quantitative estimate of drug-likeness (QED) is 0.840. The molecule has 2 N–H and O–H groups in total. The molecule has 2 atom stereocenters. The molecule has 0 aliphatic carbocycles. The molecule has 0 aromatic heterocycles. The zero-order valence-corrected chi connectivity index (χ0v) is 13.1. The van der Waals surface area contributed by atoms with Crippen molar-refractivity contribution in [2.24, 2.45) is 5.73 Å². The van der Waals surface area contributed by atoms with Crippen molar-refractivity contribution in [2.75, 3.05) is 20.3 Å².